The standard InChI is InChI=1S/C64H42F2N2/c65-53-29-21-45(22-30-53)51-37-49(43-13-5-1-6-14-43)39-57(41-51)67(55-17-9-3-10-18-55)61-35-27-47-26-34-60-62(36-28-48-25-33-59(61)63(47)64(48)60)68(56-19-11-4-12-20-56)58-40-50(44-15-7-2-8-16-44)38-52(42-58)46-23-31-54(66)32-24-46/h1-42H. The van der Waals surface area contributed by atoms with Crippen LogP contribution in [0, 0.1) is 11.6 Å². The van der Waals surface area contributed by atoms with Crippen molar-refractivity contribution >= 4 is 66.4 Å². The lowest BCUT2D eigenvalue weighted by Crippen LogP contribution is -2.12. The molecular formula is C64H42F2N2. The highest BCUT2D eigenvalue weighted by Crippen LogP contribution is 2.49. The Labute approximate surface area is 394 Å². The first-order valence-corrected chi connectivity index (χ1v) is 22.9. The van der Waals surface area contributed by atoms with Crippen molar-refractivity contribution in [3.63, 3.8) is 0 Å². The van der Waals surface area contributed by atoms with Crippen molar-refractivity contribution in [2.45, 2.75) is 0 Å². The van der Waals surface area contributed by atoms with Crippen molar-refractivity contribution in [2.24, 2.45) is 0 Å². The quantitative estimate of drug-likeness (QED) is 0.126. The number of nitrogens with zero attached hydrogens (tertiary/aromatic N) is 2. The van der Waals surface area contributed by atoms with E-state index >= 15 is 0 Å². The molecule has 0 saturated heterocycles. The van der Waals surface area contributed by atoms with Crippen molar-refractivity contribution in [1.29, 1.82) is 0 Å². The van der Waals surface area contributed by atoms with Gasteiger partial charge in [-0.2, -0.15) is 0 Å². The molecule has 322 valence electrons. The SMILES string of the molecule is Fc1ccc(-c2cc(-c3ccccc3)cc(N(c3ccccc3)c3ccc4ccc5c(N(c6ccccc6)c6cc(-c7ccccc7)cc(-c7ccc(F)cc7)c6)ccc6ccc3c4c65)c2)cc1. The van der Waals surface area contributed by atoms with E-state index in [1.165, 1.54) is 35.0 Å². The first-order chi connectivity index (χ1) is 33.5. The number of halogens is 2. The second-order valence-electron chi connectivity index (χ2n) is 17.2. The molecule has 0 amide bonds. The number of rotatable bonds is 10. The topological polar surface area (TPSA) is 6.48 Å². The Morgan fingerprint density at radius 1 is 0.235 bits per heavy atom. The van der Waals surface area contributed by atoms with E-state index in [0.29, 0.717) is 0 Å². The van der Waals surface area contributed by atoms with Gasteiger partial charge in [0.15, 0.2) is 0 Å². The summed E-state index contributed by atoms with van der Waals surface area (Å²) < 4.78 is 28.6. The first-order valence-electron chi connectivity index (χ1n) is 22.9. The van der Waals surface area contributed by atoms with Crippen molar-refractivity contribution < 1.29 is 8.78 Å². The zero-order valence-electron chi connectivity index (χ0n) is 36.9. The normalized spacial score (nSPS) is 11.4. The van der Waals surface area contributed by atoms with E-state index < -0.39 is 0 Å². The molecule has 12 aromatic carbocycles. The van der Waals surface area contributed by atoms with Gasteiger partial charge in [0.1, 0.15) is 11.6 Å². The predicted octanol–water partition coefficient (Wildman–Crippen LogP) is 18.5. The molecule has 0 N–H and O–H groups in total. The van der Waals surface area contributed by atoms with Crippen LogP contribution in [0.15, 0.2) is 255 Å². The van der Waals surface area contributed by atoms with Gasteiger partial charge in [-0.25, -0.2) is 8.78 Å². The summed E-state index contributed by atoms with van der Waals surface area (Å²) in [5.41, 5.74) is 14.2. The number of hydrogen-bond acceptors (Lipinski definition) is 2. The van der Waals surface area contributed by atoms with Crippen molar-refractivity contribution in [3.05, 3.63) is 266 Å². The van der Waals surface area contributed by atoms with Crippen LogP contribution in [0.25, 0.3) is 76.8 Å². The molecule has 0 aromatic heterocycles. The molecule has 0 spiro atoms. The van der Waals surface area contributed by atoms with Crippen LogP contribution in [-0.4, -0.2) is 0 Å². The maximum absolute atomic E-state index is 14.3. The molecule has 0 radical (unpaired) electrons. The predicted molar refractivity (Wildman–Crippen MR) is 281 cm³/mol. The lowest BCUT2D eigenvalue weighted by molar-refractivity contribution is 0.627. The monoisotopic (exact) mass is 876 g/mol. The molecule has 0 heterocycles. The summed E-state index contributed by atoms with van der Waals surface area (Å²) >= 11 is 0. The molecule has 0 aliphatic heterocycles. The third kappa shape index (κ3) is 7.48. The second-order valence-corrected chi connectivity index (χ2v) is 17.2. The average Bonchev–Trinajstić information content (AvgIpc) is 3.40. The molecule has 68 heavy (non-hydrogen) atoms. The zero-order chi connectivity index (χ0) is 45.6. The Balaban J connectivity index is 1.09. The van der Waals surface area contributed by atoms with E-state index in [0.717, 1.165) is 100 Å². The molecule has 0 aliphatic rings. The third-order valence-corrected chi connectivity index (χ3v) is 13.1. The van der Waals surface area contributed by atoms with Gasteiger partial charge in [0.25, 0.3) is 0 Å². The number of benzene rings is 12. The lowest BCUT2D eigenvalue weighted by Gasteiger charge is -2.30. The van der Waals surface area contributed by atoms with Gasteiger partial charge in [0.05, 0.1) is 11.4 Å². The Kier molecular flexibility index (Phi) is 10.3. The molecular weight excluding hydrogens is 835 g/mol. The number of hydrogen-bond donors (Lipinski definition) is 0. The van der Waals surface area contributed by atoms with Crippen LogP contribution in [0.5, 0.6) is 0 Å². The van der Waals surface area contributed by atoms with Gasteiger partial charge >= 0.3 is 0 Å². The lowest BCUT2D eigenvalue weighted by atomic mass is 9.91. The van der Waals surface area contributed by atoms with Gasteiger partial charge in [-0.05, 0) is 163 Å². The first kappa shape index (κ1) is 40.6. The van der Waals surface area contributed by atoms with Gasteiger partial charge < -0.3 is 9.80 Å². The fourth-order valence-corrected chi connectivity index (χ4v) is 9.86. The smallest absolute Gasteiger partial charge is 0.123 e. The summed E-state index contributed by atoms with van der Waals surface area (Å²) in [5, 5.41) is 6.88. The molecule has 0 atom stereocenters. The highest BCUT2D eigenvalue weighted by atomic mass is 19.1. The molecule has 12 aromatic rings. The zero-order valence-corrected chi connectivity index (χ0v) is 36.9. The Hall–Kier alpha value is -8.86. The van der Waals surface area contributed by atoms with Gasteiger partial charge in [-0.15, -0.1) is 0 Å². The van der Waals surface area contributed by atoms with E-state index in [2.05, 4.69) is 192 Å². The van der Waals surface area contributed by atoms with Gasteiger partial charge in [0.2, 0.25) is 0 Å². The number of anilines is 6. The van der Waals surface area contributed by atoms with Crippen molar-refractivity contribution in [2.75, 3.05) is 9.80 Å². The van der Waals surface area contributed by atoms with Crippen LogP contribution in [0.2, 0.25) is 0 Å². The maximum atomic E-state index is 14.3. The summed E-state index contributed by atoms with van der Waals surface area (Å²) in [6, 6.07) is 86.7. The summed E-state index contributed by atoms with van der Waals surface area (Å²) in [4.78, 5) is 4.71. The summed E-state index contributed by atoms with van der Waals surface area (Å²) in [6.07, 6.45) is 0. The average molecular weight is 877 g/mol. The highest BCUT2D eigenvalue weighted by molar-refractivity contribution is 6.28. The molecule has 0 aliphatic carbocycles. The number of para-hydroxylation sites is 2. The largest absolute Gasteiger partial charge is 0.310 e. The molecule has 12 rings (SSSR count). The van der Waals surface area contributed by atoms with Gasteiger partial charge in [-0.1, -0.05) is 158 Å². The van der Waals surface area contributed by atoms with Crippen LogP contribution in [0.4, 0.5) is 42.9 Å². The fraction of sp³-hybridized carbons (Fsp3) is 0. The minimum Gasteiger partial charge on any atom is -0.310 e. The Morgan fingerprint density at radius 3 is 0.897 bits per heavy atom. The molecule has 4 heteroatoms. The van der Waals surface area contributed by atoms with E-state index in [4.69, 9.17) is 0 Å². The van der Waals surface area contributed by atoms with Crippen LogP contribution < -0.4 is 9.80 Å². The molecule has 0 fully saturated rings. The highest BCUT2D eigenvalue weighted by Gasteiger charge is 2.23. The minimum atomic E-state index is -0.266. The van der Waals surface area contributed by atoms with E-state index in [1.54, 1.807) is 0 Å². The van der Waals surface area contributed by atoms with Gasteiger partial charge in [-0.3, -0.25) is 0 Å². The molecule has 2 nitrogen and oxygen atoms in total. The van der Waals surface area contributed by atoms with E-state index in [1.807, 2.05) is 48.5 Å². The fourth-order valence-electron chi connectivity index (χ4n) is 9.86. The van der Waals surface area contributed by atoms with Crippen LogP contribution in [0.3, 0.4) is 0 Å². The van der Waals surface area contributed by atoms with Crippen LogP contribution in [-0.2, 0) is 0 Å². The van der Waals surface area contributed by atoms with E-state index in [-0.39, 0.29) is 11.6 Å². The molecule has 0 saturated carbocycles. The summed E-state index contributed by atoms with van der Waals surface area (Å²) in [7, 11) is 0. The summed E-state index contributed by atoms with van der Waals surface area (Å²) in [5.74, 6) is -0.531. The van der Waals surface area contributed by atoms with Crippen LogP contribution in [0.1, 0.15) is 0 Å². The van der Waals surface area contributed by atoms with Gasteiger partial charge in [0, 0.05) is 33.5 Å². The summed E-state index contributed by atoms with van der Waals surface area (Å²) in [6.45, 7) is 0. The van der Waals surface area contributed by atoms with Crippen molar-refractivity contribution in [3.8, 4) is 44.5 Å². The Bertz CT molecular complexity index is 3480. The minimum absolute atomic E-state index is 0.266. The maximum Gasteiger partial charge on any atom is 0.123 e. The Morgan fingerprint density at radius 2 is 0.544 bits per heavy atom. The van der Waals surface area contributed by atoms with E-state index in [9.17, 15) is 8.78 Å². The van der Waals surface area contributed by atoms with Crippen molar-refractivity contribution in [1.82, 2.24) is 0 Å². The molecule has 0 bridgehead atoms. The molecule has 0 unspecified atom stereocenters. The third-order valence-electron chi connectivity index (χ3n) is 13.1. The second kappa shape index (κ2) is 17.2. The van der Waals surface area contributed by atoms with Crippen LogP contribution >= 0.6 is 0 Å².